The molecule has 1 aliphatic carbocycles. The Balaban J connectivity index is 1.66. The van der Waals surface area contributed by atoms with E-state index in [2.05, 4.69) is 5.32 Å². The molecule has 1 amide bonds. The van der Waals surface area contributed by atoms with Crippen LogP contribution in [-0.4, -0.2) is 29.6 Å². The van der Waals surface area contributed by atoms with Crippen LogP contribution >= 0.6 is 0 Å². The van der Waals surface area contributed by atoms with Crippen LogP contribution in [0.5, 0.6) is 5.75 Å². The first-order valence-corrected chi connectivity index (χ1v) is 5.85. The first kappa shape index (κ1) is 12.4. The van der Waals surface area contributed by atoms with Gasteiger partial charge in [0.2, 0.25) is 0 Å². The number of carboxylic acids is 1. The summed E-state index contributed by atoms with van der Waals surface area (Å²) in [7, 11) is 0. The predicted octanol–water partition coefficient (Wildman–Crippen LogP) is 1.04. The van der Waals surface area contributed by atoms with Crippen molar-refractivity contribution in [2.24, 2.45) is 5.92 Å². The third-order valence-corrected chi connectivity index (χ3v) is 2.97. The number of nitrogens with one attached hydrogen (secondary N) is 1. The van der Waals surface area contributed by atoms with Crippen molar-refractivity contribution in [3.63, 3.8) is 0 Å². The van der Waals surface area contributed by atoms with E-state index in [0.717, 1.165) is 0 Å². The molecule has 96 valence electrons. The maximum atomic E-state index is 11.5. The fourth-order valence-corrected chi connectivity index (χ4v) is 1.87. The van der Waals surface area contributed by atoms with Gasteiger partial charge in [0.1, 0.15) is 5.75 Å². The third kappa shape index (κ3) is 3.23. The van der Waals surface area contributed by atoms with Crippen molar-refractivity contribution in [2.75, 3.05) is 6.61 Å². The standard InChI is InChI=1S/C13H15NO4/c15-12(8-18-11-4-2-1-3-5-11)14-10-6-9(7-10)13(16)17/h1-5,9-10H,6-8H2,(H,14,15)(H,16,17). The number of para-hydroxylation sites is 1. The molecule has 18 heavy (non-hydrogen) atoms. The third-order valence-electron chi connectivity index (χ3n) is 2.97. The lowest BCUT2D eigenvalue weighted by Gasteiger charge is -2.32. The van der Waals surface area contributed by atoms with Crippen molar-refractivity contribution < 1.29 is 19.4 Å². The number of carboxylic acid groups (broad SMARTS) is 1. The molecule has 0 saturated heterocycles. The van der Waals surface area contributed by atoms with E-state index in [9.17, 15) is 9.59 Å². The molecule has 5 nitrogen and oxygen atoms in total. The first-order valence-electron chi connectivity index (χ1n) is 5.85. The van der Waals surface area contributed by atoms with Crippen LogP contribution in [0.25, 0.3) is 0 Å². The number of amides is 1. The van der Waals surface area contributed by atoms with E-state index in [1.807, 2.05) is 18.2 Å². The van der Waals surface area contributed by atoms with Crippen LogP contribution < -0.4 is 10.1 Å². The highest BCUT2D eigenvalue weighted by Crippen LogP contribution is 2.27. The lowest BCUT2D eigenvalue weighted by atomic mass is 9.80. The van der Waals surface area contributed by atoms with Crippen LogP contribution in [0.15, 0.2) is 30.3 Å². The number of ether oxygens (including phenoxy) is 1. The lowest BCUT2D eigenvalue weighted by molar-refractivity contribution is -0.146. The van der Waals surface area contributed by atoms with E-state index in [1.165, 1.54) is 0 Å². The molecule has 1 fully saturated rings. The van der Waals surface area contributed by atoms with Crippen LogP contribution in [0.4, 0.5) is 0 Å². The summed E-state index contributed by atoms with van der Waals surface area (Å²) >= 11 is 0. The Morgan fingerprint density at radius 1 is 1.28 bits per heavy atom. The Kier molecular flexibility index (Phi) is 3.82. The summed E-state index contributed by atoms with van der Waals surface area (Å²) in [5.41, 5.74) is 0. The molecule has 0 radical (unpaired) electrons. The van der Waals surface area contributed by atoms with Gasteiger partial charge in [-0.05, 0) is 25.0 Å². The van der Waals surface area contributed by atoms with Crippen molar-refractivity contribution in [3.8, 4) is 5.75 Å². The van der Waals surface area contributed by atoms with Gasteiger partial charge in [0, 0.05) is 6.04 Å². The zero-order chi connectivity index (χ0) is 13.0. The second-order valence-corrected chi connectivity index (χ2v) is 4.37. The number of benzene rings is 1. The van der Waals surface area contributed by atoms with E-state index in [4.69, 9.17) is 9.84 Å². The minimum absolute atomic E-state index is 0.0297. The van der Waals surface area contributed by atoms with Crippen molar-refractivity contribution in [3.05, 3.63) is 30.3 Å². The van der Waals surface area contributed by atoms with Gasteiger partial charge in [0.05, 0.1) is 5.92 Å². The smallest absolute Gasteiger partial charge is 0.306 e. The summed E-state index contributed by atoms with van der Waals surface area (Å²) in [5.74, 6) is -0.677. The molecule has 0 atom stereocenters. The lowest BCUT2D eigenvalue weighted by Crippen LogP contribution is -2.48. The van der Waals surface area contributed by atoms with E-state index < -0.39 is 5.97 Å². The molecule has 1 aromatic carbocycles. The summed E-state index contributed by atoms with van der Waals surface area (Å²) < 4.78 is 5.28. The second kappa shape index (κ2) is 5.53. The summed E-state index contributed by atoms with van der Waals surface area (Å²) in [5, 5.41) is 11.4. The number of hydrogen-bond donors (Lipinski definition) is 2. The summed E-state index contributed by atoms with van der Waals surface area (Å²) in [6.45, 7) is -0.0434. The minimum Gasteiger partial charge on any atom is -0.484 e. The molecule has 0 unspecified atom stereocenters. The highest BCUT2D eigenvalue weighted by molar-refractivity contribution is 5.78. The normalized spacial score (nSPS) is 21.8. The van der Waals surface area contributed by atoms with Crippen molar-refractivity contribution in [1.29, 1.82) is 0 Å². The van der Waals surface area contributed by atoms with Gasteiger partial charge in [-0.2, -0.15) is 0 Å². The molecule has 0 aromatic heterocycles. The molecule has 1 saturated carbocycles. The molecule has 0 spiro atoms. The molecule has 2 rings (SSSR count). The Hall–Kier alpha value is -2.04. The van der Waals surface area contributed by atoms with E-state index in [1.54, 1.807) is 12.1 Å². The number of rotatable bonds is 5. The molecular weight excluding hydrogens is 234 g/mol. The first-order chi connectivity index (χ1) is 8.65. The largest absolute Gasteiger partial charge is 0.484 e. The molecule has 0 aliphatic heterocycles. The SMILES string of the molecule is O=C(COc1ccccc1)NC1CC(C(=O)O)C1. The van der Waals surface area contributed by atoms with E-state index in [-0.39, 0.29) is 24.5 Å². The zero-order valence-electron chi connectivity index (χ0n) is 9.83. The van der Waals surface area contributed by atoms with Crippen LogP contribution in [0, 0.1) is 5.92 Å². The molecule has 5 heteroatoms. The van der Waals surface area contributed by atoms with Gasteiger partial charge < -0.3 is 15.2 Å². The van der Waals surface area contributed by atoms with Crippen molar-refractivity contribution in [1.82, 2.24) is 5.32 Å². The maximum Gasteiger partial charge on any atom is 0.306 e. The van der Waals surface area contributed by atoms with Crippen molar-refractivity contribution >= 4 is 11.9 Å². The fraction of sp³-hybridized carbons (Fsp3) is 0.385. The fourth-order valence-electron chi connectivity index (χ4n) is 1.87. The van der Waals surface area contributed by atoms with Gasteiger partial charge in [0.25, 0.3) is 5.91 Å². The van der Waals surface area contributed by atoms with Crippen molar-refractivity contribution in [2.45, 2.75) is 18.9 Å². The van der Waals surface area contributed by atoms with Gasteiger partial charge in [-0.1, -0.05) is 18.2 Å². The Bertz CT molecular complexity index is 426. The van der Waals surface area contributed by atoms with Crippen LogP contribution in [0.3, 0.4) is 0 Å². The molecule has 1 aliphatic rings. The summed E-state index contributed by atoms with van der Waals surface area (Å²) in [4.78, 5) is 22.1. The van der Waals surface area contributed by atoms with E-state index >= 15 is 0 Å². The van der Waals surface area contributed by atoms with Crippen LogP contribution in [0.1, 0.15) is 12.8 Å². The van der Waals surface area contributed by atoms with Gasteiger partial charge in [-0.15, -0.1) is 0 Å². The average molecular weight is 249 g/mol. The minimum atomic E-state index is -0.791. The van der Waals surface area contributed by atoms with Crippen LogP contribution in [0.2, 0.25) is 0 Å². The number of aliphatic carboxylic acids is 1. The topological polar surface area (TPSA) is 75.6 Å². The molecule has 0 bridgehead atoms. The average Bonchev–Trinajstić information content (AvgIpc) is 2.31. The Labute approximate surface area is 105 Å². The molecule has 0 heterocycles. The predicted molar refractivity (Wildman–Crippen MR) is 64.2 cm³/mol. The van der Waals surface area contributed by atoms with E-state index in [0.29, 0.717) is 18.6 Å². The highest BCUT2D eigenvalue weighted by atomic mass is 16.5. The quantitative estimate of drug-likeness (QED) is 0.817. The molecule has 2 N–H and O–H groups in total. The van der Waals surface area contributed by atoms with Gasteiger partial charge in [-0.3, -0.25) is 9.59 Å². The van der Waals surface area contributed by atoms with Crippen LogP contribution in [-0.2, 0) is 9.59 Å². The number of hydrogen-bond acceptors (Lipinski definition) is 3. The summed E-state index contributed by atoms with van der Waals surface area (Å²) in [6.07, 6.45) is 1.01. The second-order valence-electron chi connectivity index (χ2n) is 4.37. The number of carbonyl (C=O) groups is 2. The highest BCUT2D eigenvalue weighted by Gasteiger charge is 2.35. The van der Waals surface area contributed by atoms with Gasteiger partial charge in [0.15, 0.2) is 6.61 Å². The van der Waals surface area contributed by atoms with Gasteiger partial charge >= 0.3 is 5.97 Å². The zero-order valence-corrected chi connectivity index (χ0v) is 9.83. The Morgan fingerprint density at radius 3 is 2.56 bits per heavy atom. The summed E-state index contributed by atoms with van der Waals surface area (Å²) in [6, 6.07) is 9.05. The molecular formula is C13H15NO4. The molecule has 1 aromatic rings. The van der Waals surface area contributed by atoms with Gasteiger partial charge in [-0.25, -0.2) is 0 Å². The monoisotopic (exact) mass is 249 g/mol. The maximum absolute atomic E-state index is 11.5. The number of carbonyl (C=O) groups excluding carboxylic acids is 1. The Morgan fingerprint density at radius 2 is 1.94 bits per heavy atom.